The van der Waals surface area contributed by atoms with E-state index >= 15 is 0 Å². The molecule has 0 spiro atoms. The summed E-state index contributed by atoms with van der Waals surface area (Å²) in [6, 6.07) is 15.2. The summed E-state index contributed by atoms with van der Waals surface area (Å²) in [5, 5.41) is 2.51. The lowest BCUT2D eigenvalue weighted by atomic mass is 10.2. The number of carbonyl (C=O) groups is 1. The van der Waals surface area contributed by atoms with Crippen LogP contribution in [0.3, 0.4) is 0 Å². The molecule has 0 aliphatic rings. The van der Waals surface area contributed by atoms with E-state index in [0.29, 0.717) is 5.69 Å². The second-order valence-electron chi connectivity index (χ2n) is 4.52. The van der Waals surface area contributed by atoms with Crippen LogP contribution >= 0.6 is 11.6 Å². The van der Waals surface area contributed by atoms with Gasteiger partial charge in [0.2, 0.25) is 15.9 Å². The van der Waals surface area contributed by atoms with E-state index in [1.165, 1.54) is 12.1 Å². The molecule has 0 saturated carbocycles. The fourth-order valence-electron chi connectivity index (χ4n) is 1.79. The van der Waals surface area contributed by atoms with Crippen LogP contribution in [-0.4, -0.2) is 20.2 Å². The molecule has 22 heavy (non-hydrogen) atoms. The predicted octanol–water partition coefficient (Wildman–Crippen LogP) is 2.34. The Bertz CT molecular complexity index is 748. The van der Waals surface area contributed by atoms with Gasteiger partial charge in [-0.1, -0.05) is 36.4 Å². The third-order valence-electron chi connectivity index (χ3n) is 2.86. The number of benzene rings is 2. The molecule has 0 aromatic heterocycles. The third-order valence-corrected chi connectivity index (χ3v) is 4.50. The van der Waals surface area contributed by atoms with Crippen molar-refractivity contribution in [3.05, 3.63) is 60.2 Å². The fourth-order valence-corrected chi connectivity index (χ4v) is 2.92. The standard InChI is InChI=1S/C15H15ClN2O3S/c16-10-15(19)18-13-7-4-8-14(9-13)22(20,21)17-11-12-5-2-1-3-6-12/h1-9,17H,10-11H2,(H,18,19). The SMILES string of the molecule is O=C(CCl)Nc1cccc(S(=O)(=O)NCc2ccccc2)c1. The molecule has 2 rings (SSSR count). The topological polar surface area (TPSA) is 75.3 Å². The molecule has 0 aliphatic carbocycles. The van der Waals surface area contributed by atoms with E-state index < -0.39 is 15.9 Å². The van der Waals surface area contributed by atoms with Crippen LogP contribution in [0.4, 0.5) is 5.69 Å². The summed E-state index contributed by atoms with van der Waals surface area (Å²) >= 11 is 5.41. The molecule has 2 aromatic rings. The molecule has 2 aromatic carbocycles. The van der Waals surface area contributed by atoms with Crippen molar-refractivity contribution in [3.8, 4) is 0 Å². The zero-order valence-corrected chi connectivity index (χ0v) is 13.2. The van der Waals surface area contributed by atoms with Gasteiger partial charge in [-0.3, -0.25) is 4.79 Å². The van der Waals surface area contributed by atoms with E-state index in [9.17, 15) is 13.2 Å². The van der Waals surface area contributed by atoms with E-state index in [4.69, 9.17) is 11.6 Å². The zero-order chi connectivity index (χ0) is 16.0. The van der Waals surface area contributed by atoms with Crippen molar-refractivity contribution in [2.75, 3.05) is 11.2 Å². The van der Waals surface area contributed by atoms with Gasteiger partial charge in [0.1, 0.15) is 5.88 Å². The predicted molar refractivity (Wildman–Crippen MR) is 86.3 cm³/mol. The first kappa shape index (κ1) is 16.5. The lowest BCUT2D eigenvalue weighted by molar-refractivity contribution is -0.113. The van der Waals surface area contributed by atoms with E-state index in [0.717, 1.165) is 5.56 Å². The Balaban J connectivity index is 2.12. The molecule has 7 heteroatoms. The lowest BCUT2D eigenvalue weighted by Crippen LogP contribution is -2.23. The molecule has 0 bridgehead atoms. The molecule has 0 heterocycles. The molecule has 0 fully saturated rings. The quantitative estimate of drug-likeness (QED) is 0.794. The molecular formula is C15H15ClN2O3S. The maximum Gasteiger partial charge on any atom is 0.240 e. The van der Waals surface area contributed by atoms with Crippen LogP contribution in [-0.2, 0) is 21.4 Å². The van der Waals surface area contributed by atoms with Crippen molar-refractivity contribution in [1.82, 2.24) is 4.72 Å². The number of hydrogen-bond donors (Lipinski definition) is 2. The average molecular weight is 339 g/mol. The monoisotopic (exact) mass is 338 g/mol. The smallest absolute Gasteiger partial charge is 0.240 e. The number of amides is 1. The van der Waals surface area contributed by atoms with Gasteiger partial charge < -0.3 is 5.32 Å². The number of sulfonamides is 1. The molecule has 2 N–H and O–H groups in total. The first-order valence-corrected chi connectivity index (χ1v) is 8.52. The van der Waals surface area contributed by atoms with Crippen LogP contribution in [0.1, 0.15) is 5.56 Å². The number of rotatable bonds is 6. The molecule has 0 saturated heterocycles. The second-order valence-corrected chi connectivity index (χ2v) is 6.55. The van der Waals surface area contributed by atoms with Gasteiger partial charge in [-0.2, -0.15) is 0 Å². The molecule has 1 amide bonds. The maximum absolute atomic E-state index is 12.3. The van der Waals surface area contributed by atoms with Crippen molar-refractivity contribution in [3.63, 3.8) is 0 Å². The number of hydrogen-bond acceptors (Lipinski definition) is 3. The van der Waals surface area contributed by atoms with E-state index in [-0.39, 0.29) is 17.3 Å². The minimum absolute atomic E-state index is 0.0794. The summed E-state index contributed by atoms with van der Waals surface area (Å²) in [4.78, 5) is 11.3. The summed E-state index contributed by atoms with van der Waals surface area (Å²) < 4.78 is 27.0. The maximum atomic E-state index is 12.3. The van der Waals surface area contributed by atoms with Crippen LogP contribution in [0, 0.1) is 0 Å². The second kappa shape index (κ2) is 7.40. The minimum atomic E-state index is -3.66. The highest BCUT2D eigenvalue weighted by molar-refractivity contribution is 7.89. The van der Waals surface area contributed by atoms with Crippen LogP contribution in [0.25, 0.3) is 0 Å². The van der Waals surface area contributed by atoms with Crippen molar-refractivity contribution < 1.29 is 13.2 Å². The largest absolute Gasteiger partial charge is 0.325 e. The van der Waals surface area contributed by atoms with Crippen LogP contribution in [0.5, 0.6) is 0 Å². The van der Waals surface area contributed by atoms with Gasteiger partial charge in [0.15, 0.2) is 0 Å². The van der Waals surface area contributed by atoms with E-state index in [1.54, 1.807) is 12.1 Å². The Morgan fingerprint density at radius 1 is 1.05 bits per heavy atom. The number of halogens is 1. The zero-order valence-electron chi connectivity index (χ0n) is 11.6. The Labute approximate surface area is 134 Å². The number of alkyl halides is 1. The first-order chi connectivity index (χ1) is 10.5. The van der Waals surface area contributed by atoms with Gasteiger partial charge in [-0.15, -0.1) is 11.6 Å². The number of anilines is 1. The van der Waals surface area contributed by atoms with Gasteiger partial charge >= 0.3 is 0 Å². The normalized spacial score (nSPS) is 11.1. The highest BCUT2D eigenvalue weighted by Crippen LogP contribution is 2.16. The van der Waals surface area contributed by atoms with Gasteiger partial charge in [-0.05, 0) is 23.8 Å². The van der Waals surface area contributed by atoms with Crippen LogP contribution < -0.4 is 10.0 Å². The molecule has 0 aliphatic heterocycles. The summed E-state index contributed by atoms with van der Waals surface area (Å²) in [6.07, 6.45) is 0. The van der Waals surface area contributed by atoms with Gasteiger partial charge in [0, 0.05) is 12.2 Å². The van der Waals surface area contributed by atoms with Gasteiger partial charge in [0.25, 0.3) is 0 Å². The minimum Gasteiger partial charge on any atom is -0.325 e. The average Bonchev–Trinajstić information content (AvgIpc) is 2.54. The highest BCUT2D eigenvalue weighted by atomic mass is 35.5. The Morgan fingerprint density at radius 2 is 1.77 bits per heavy atom. The van der Waals surface area contributed by atoms with Crippen molar-refractivity contribution >= 4 is 33.2 Å². The number of nitrogens with one attached hydrogen (secondary N) is 2. The number of carbonyl (C=O) groups excluding carboxylic acids is 1. The van der Waals surface area contributed by atoms with Crippen molar-refractivity contribution in [1.29, 1.82) is 0 Å². The lowest BCUT2D eigenvalue weighted by Gasteiger charge is -2.09. The Kier molecular flexibility index (Phi) is 5.54. The summed E-state index contributed by atoms with van der Waals surface area (Å²) in [5.41, 5.74) is 1.24. The molecule has 0 atom stereocenters. The van der Waals surface area contributed by atoms with Crippen molar-refractivity contribution in [2.45, 2.75) is 11.4 Å². The Hall–Kier alpha value is -1.89. The summed E-state index contributed by atoms with van der Waals surface area (Å²) in [5.74, 6) is -0.586. The molecule has 116 valence electrons. The highest BCUT2D eigenvalue weighted by Gasteiger charge is 2.14. The van der Waals surface area contributed by atoms with Crippen LogP contribution in [0.15, 0.2) is 59.5 Å². The van der Waals surface area contributed by atoms with E-state index in [2.05, 4.69) is 10.0 Å². The fraction of sp³-hybridized carbons (Fsp3) is 0.133. The van der Waals surface area contributed by atoms with Crippen molar-refractivity contribution in [2.24, 2.45) is 0 Å². The van der Waals surface area contributed by atoms with Gasteiger partial charge in [-0.25, -0.2) is 13.1 Å². The molecule has 0 radical (unpaired) electrons. The van der Waals surface area contributed by atoms with Crippen LogP contribution in [0.2, 0.25) is 0 Å². The summed E-state index contributed by atoms with van der Waals surface area (Å²) in [6.45, 7) is 0.196. The first-order valence-electron chi connectivity index (χ1n) is 6.51. The molecule has 0 unspecified atom stereocenters. The summed E-state index contributed by atoms with van der Waals surface area (Å²) in [7, 11) is -3.66. The third kappa shape index (κ3) is 4.56. The Morgan fingerprint density at radius 3 is 2.45 bits per heavy atom. The molecular weight excluding hydrogens is 324 g/mol. The molecule has 5 nitrogen and oxygen atoms in total. The van der Waals surface area contributed by atoms with E-state index in [1.807, 2.05) is 30.3 Å². The van der Waals surface area contributed by atoms with Gasteiger partial charge in [0.05, 0.1) is 4.90 Å².